The minimum atomic E-state index is 0.0306. The standard InChI is InChI=1S/C20H29N3O3/c1-7-16(8-2)20(24)21-19-13(3)22-23(14(19)4)12-15-9-10-17(25-5)18(11-15)26-6/h9-11,16H,7-8,12H2,1-6H3,(H,21,24). The zero-order valence-corrected chi connectivity index (χ0v) is 16.5. The first kappa shape index (κ1) is 19.8. The van der Waals surface area contributed by atoms with Gasteiger partial charge >= 0.3 is 0 Å². The molecule has 26 heavy (non-hydrogen) atoms. The second-order valence-electron chi connectivity index (χ2n) is 6.40. The third-order valence-electron chi connectivity index (χ3n) is 4.77. The lowest BCUT2D eigenvalue weighted by Crippen LogP contribution is -2.22. The van der Waals surface area contributed by atoms with Gasteiger partial charge in [-0.2, -0.15) is 5.10 Å². The molecular formula is C20H29N3O3. The Morgan fingerprint density at radius 1 is 1.15 bits per heavy atom. The predicted molar refractivity (Wildman–Crippen MR) is 103 cm³/mol. The molecule has 0 saturated heterocycles. The number of hydrogen-bond acceptors (Lipinski definition) is 4. The van der Waals surface area contributed by atoms with Gasteiger partial charge in [-0.1, -0.05) is 19.9 Å². The van der Waals surface area contributed by atoms with Crippen molar-refractivity contribution in [3.05, 3.63) is 35.2 Å². The molecular weight excluding hydrogens is 330 g/mol. The van der Waals surface area contributed by atoms with Crippen LogP contribution in [-0.4, -0.2) is 29.9 Å². The van der Waals surface area contributed by atoms with Crippen LogP contribution < -0.4 is 14.8 Å². The second-order valence-corrected chi connectivity index (χ2v) is 6.40. The van der Waals surface area contributed by atoms with E-state index in [0.29, 0.717) is 18.0 Å². The molecule has 0 atom stereocenters. The Morgan fingerprint density at radius 3 is 2.38 bits per heavy atom. The van der Waals surface area contributed by atoms with Crippen molar-refractivity contribution in [1.82, 2.24) is 9.78 Å². The van der Waals surface area contributed by atoms with Crippen molar-refractivity contribution in [2.45, 2.75) is 47.1 Å². The monoisotopic (exact) mass is 359 g/mol. The van der Waals surface area contributed by atoms with E-state index in [0.717, 1.165) is 35.5 Å². The number of rotatable bonds is 8. The summed E-state index contributed by atoms with van der Waals surface area (Å²) in [5.74, 6) is 1.48. The Labute approximate surface area is 155 Å². The summed E-state index contributed by atoms with van der Waals surface area (Å²) in [5, 5.41) is 7.66. The van der Waals surface area contributed by atoms with Crippen molar-refractivity contribution in [2.24, 2.45) is 5.92 Å². The molecule has 0 fully saturated rings. The van der Waals surface area contributed by atoms with Crippen molar-refractivity contribution in [3.63, 3.8) is 0 Å². The number of anilines is 1. The first-order valence-electron chi connectivity index (χ1n) is 9.00. The average molecular weight is 359 g/mol. The smallest absolute Gasteiger partial charge is 0.227 e. The number of nitrogens with zero attached hydrogens (tertiary/aromatic N) is 2. The minimum absolute atomic E-state index is 0.0306. The topological polar surface area (TPSA) is 65.4 Å². The molecule has 0 spiro atoms. The predicted octanol–water partition coefficient (Wildman–Crippen LogP) is 3.94. The van der Waals surface area contributed by atoms with Crippen LogP contribution in [0.5, 0.6) is 11.5 Å². The molecule has 0 bridgehead atoms. The van der Waals surface area contributed by atoms with Crippen molar-refractivity contribution in [3.8, 4) is 11.5 Å². The lowest BCUT2D eigenvalue weighted by molar-refractivity contribution is -0.120. The van der Waals surface area contributed by atoms with Gasteiger partial charge in [0.25, 0.3) is 0 Å². The van der Waals surface area contributed by atoms with E-state index in [1.54, 1.807) is 14.2 Å². The molecule has 142 valence electrons. The lowest BCUT2D eigenvalue weighted by Gasteiger charge is -2.13. The van der Waals surface area contributed by atoms with Crippen molar-refractivity contribution >= 4 is 11.6 Å². The molecule has 0 aliphatic heterocycles. The summed E-state index contributed by atoms with van der Waals surface area (Å²) < 4.78 is 12.5. The SMILES string of the molecule is CCC(CC)C(=O)Nc1c(C)nn(Cc2ccc(OC)c(OC)c2)c1C. The molecule has 2 rings (SSSR count). The van der Waals surface area contributed by atoms with Crippen molar-refractivity contribution in [2.75, 3.05) is 19.5 Å². The molecule has 6 heteroatoms. The van der Waals surface area contributed by atoms with Gasteiger partial charge in [0.1, 0.15) is 0 Å². The van der Waals surface area contributed by atoms with Crippen LogP contribution in [0.1, 0.15) is 43.6 Å². The zero-order chi connectivity index (χ0) is 19.3. The maximum absolute atomic E-state index is 12.4. The van der Waals surface area contributed by atoms with Crippen LogP contribution >= 0.6 is 0 Å². The molecule has 1 amide bonds. The second kappa shape index (κ2) is 8.74. The van der Waals surface area contributed by atoms with Crippen LogP contribution in [0, 0.1) is 19.8 Å². The van der Waals surface area contributed by atoms with E-state index in [2.05, 4.69) is 10.4 Å². The third-order valence-corrected chi connectivity index (χ3v) is 4.77. The van der Waals surface area contributed by atoms with Gasteiger partial charge in [0.2, 0.25) is 5.91 Å². The number of aryl methyl sites for hydroxylation is 1. The van der Waals surface area contributed by atoms with E-state index in [9.17, 15) is 4.79 Å². The average Bonchev–Trinajstić information content (AvgIpc) is 2.90. The third kappa shape index (κ3) is 4.18. The van der Waals surface area contributed by atoms with E-state index in [4.69, 9.17) is 9.47 Å². The van der Waals surface area contributed by atoms with Gasteiger partial charge in [0.15, 0.2) is 11.5 Å². The number of methoxy groups -OCH3 is 2. The van der Waals surface area contributed by atoms with E-state index in [1.807, 2.05) is 50.6 Å². The highest BCUT2D eigenvalue weighted by Crippen LogP contribution is 2.29. The molecule has 0 unspecified atom stereocenters. The number of amides is 1. The van der Waals surface area contributed by atoms with Gasteiger partial charge in [-0.15, -0.1) is 0 Å². The highest BCUT2D eigenvalue weighted by molar-refractivity contribution is 5.93. The van der Waals surface area contributed by atoms with Gasteiger partial charge in [-0.3, -0.25) is 9.48 Å². The van der Waals surface area contributed by atoms with Crippen molar-refractivity contribution < 1.29 is 14.3 Å². The number of aromatic nitrogens is 2. The first-order valence-corrected chi connectivity index (χ1v) is 9.00. The Hall–Kier alpha value is -2.50. The highest BCUT2D eigenvalue weighted by Gasteiger charge is 2.19. The Bertz CT molecular complexity index is 764. The van der Waals surface area contributed by atoms with Crippen LogP contribution in [0.25, 0.3) is 0 Å². The summed E-state index contributed by atoms with van der Waals surface area (Å²) in [6.07, 6.45) is 1.67. The molecule has 1 heterocycles. The maximum atomic E-state index is 12.4. The summed E-state index contributed by atoms with van der Waals surface area (Å²) >= 11 is 0. The van der Waals surface area contributed by atoms with E-state index in [1.165, 1.54) is 0 Å². The molecule has 0 saturated carbocycles. The molecule has 1 aromatic heterocycles. The normalized spacial score (nSPS) is 10.9. The highest BCUT2D eigenvalue weighted by atomic mass is 16.5. The number of carbonyl (C=O) groups excluding carboxylic acids is 1. The molecule has 1 aromatic carbocycles. The summed E-state index contributed by atoms with van der Waals surface area (Å²) in [6, 6.07) is 5.81. The molecule has 6 nitrogen and oxygen atoms in total. The lowest BCUT2D eigenvalue weighted by atomic mass is 10.0. The quantitative estimate of drug-likeness (QED) is 0.775. The van der Waals surface area contributed by atoms with Crippen LogP contribution in [0.15, 0.2) is 18.2 Å². The Morgan fingerprint density at radius 2 is 1.81 bits per heavy atom. The fourth-order valence-corrected chi connectivity index (χ4v) is 3.07. The van der Waals surface area contributed by atoms with Gasteiger partial charge < -0.3 is 14.8 Å². The molecule has 0 radical (unpaired) electrons. The van der Waals surface area contributed by atoms with Crippen molar-refractivity contribution in [1.29, 1.82) is 0 Å². The van der Waals surface area contributed by atoms with Crippen LogP contribution in [-0.2, 0) is 11.3 Å². The number of ether oxygens (including phenoxy) is 2. The summed E-state index contributed by atoms with van der Waals surface area (Å²) in [4.78, 5) is 12.4. The largest absolute Gasteiger partial charge is 0.493 e. The molecule has 2 aromatic rings. The minimum Gasteiger partial charge on any atom is -0.493 e. The van der Waals surface area contributed by atoms with Crippen LogP contribution in [0.3, 0.4) is 0 Å². The van der Waals surface area contributed by atoms with Gasteiger partial charge in [-0.25, -0.2) is 0 Å². The van der Waals surface area contributed by atoms with Gasteiger partial charge in [-0.05, 0) is 44.4 Å². The zero-order valence-electron chi connectivity index (χ0n) is 16.5. The number of nitrogens with one attached hydrogen (secondary N) is 1. The summed E-state index contributed by atoms with van der Waals surface area (Å²) in [5.41, 5.74) is 3.62. The summed E-state index contributed by atoms with van der Waals surface area (Å²) in [6.45, 7) is 8.56. The Kier molecular flexibility index (Phi) is 6.66. The van der Waals surface area contributed by atoms with E-state index in [-0.39, 0.29) is 11.8 Å². The molecule has 1 N–H and O–H groups in total. The Balaban J connectivity index is 2.23. The van der Waals surface area contributed by atoms with Crippen LogP contribution in [0.4, 0.5) is 5.69 Å². The van der Waals surface area contributed by atoms with Gasteiger partial charge in [0, 0.05) is 5.92 Å². The first-order chi connectivity index (χ1) is 12.4. The molecule has 0 aliphatic rings. The van der Waals surface area contributed by atoms with Crippen LogP contribution in [0.2, 0.25) is 0 Å². The molecule has 0 aliphatic carbocycles. The fraction of sp³-hybridized carbons (Fsp3) is 0.500. The van der Waals surface area contributed by atoms with E-state index < -0.39 is 0 Å². The number of hydrogen-bond donors (Lipinski definition) is 1. The maximum Gasteiger partial charge on any atom is 0.227 e. The van der Waals surface area contributed by atoms with Gasteiger partial charge in [0.05, 0.1) is 37.8 Å². The fourth-order valence-electron chi connectivity index (χ4n) is 3.07. The van der Waals surface area contributed by atoms with E-state index >= 15 is 0 Å². The number of carbonyl (C=O) groups is 1. The number of benzene rings is 1. The summed E-state index contributed by atoms with van der Waals surface area (Å²) in [7, 11) is 3.24.